The van der Waals surface area contributed by atoms with Crippen LogP contribution in [0, 0.1) is 11.8 Å². The number of hydrogen-bond acceptors (Lipinski definition) is 3. The van der Waals surface area contributed by atoms with Crippen molar-refractivity contribution in [2.24, 2.45) is 17.6 Å². The lowest BCUT2D eigenvalue weighted by Crippen LogP contribution is -2.30. The van der Waals surface area contributed by atoms with Crippen LogP contribution < -0.4 is 10.5 Å². The Hall–Kier alpha value is -0.910. The van der Waals surface area contributed by atoms with Crippen molar-refractivity contribution in [1.82, 2.24) is 4.72 Å². The summed E-state index contributed by atoms with van der Waals surface area (Å²) < 4.78 is 27.2. The van der Waals surface area contributed by atoms with Crippen LogP contribution in [0.4, 0.5) is 0 Å². The molecule has 4 nitrogen and oxygen atoms in total. The van der Waals surface area contributed by atoms with Gasteiger partial charge < -0.3 is 5.73 Å². The molecule has 114 valence electrons. The summed E-state index contributed by atoms with van der Waals surface area (Å²) in [5.74, 6) is 0.744. The summed E-state index contributed by atoms with van der Waals surface area (Å²) >= 11 is 0. The monoisotopic (exact) mass is 298 g/mol. The van der Waals surface area contributed by atoms with Crippen LogP contribution in [0.15, 0.2) is 23.1 Å². The molecular formula is C15H26N2O2S. The molecule has 0 saturated heterocycles. The van der Waals surface area contributed by atoms with Gasteiger partial charge in [0, 0.05) is 13.1 Å². The standard InChI is InChI=1S/C15H26N2O2S/c1-5-13-6-7-15(8-14(13)9-16)20(18,19)17-10-12(4)11(2)3/h6-8,11-12,17H,5,9-10,16H2,1-4H3. The first-order valence-corrected chi connectivity index (χ1v) is 8.61. The fourth-order valence-corrected chi connectivity index (χ4v) is 3.06. The van der Waals surface area contributed by atoms with Gasteiger partial charge in [-0.2, -0.15) is 0 Å². The lowest BCUT2D eigenvalue weighted by Gasteiger charge is -2.17. The first kappa shape index (κ1) is 17.1. The number of benzene rings is 1. The maximum absolute atomic E-state index is 12.3. The highest BCUT2D eigenvalue weighted by molar-refractivity contribution is 7.89. The van der Waals surface area contributed by atoms with Crippen LogP contribution in [0.25, 0.3) is 0 Å². The zero-order valence-electron chi connectivity index (χ0n) is 12.8. The van der Waals surface area contributed by atoms with Gasteiger partial charge in [-0.15, -0.1) is 0 Å². The third-order valence-corrected chi connectivity index (χ3v) is 5.24. The summed E-state index contributed by atoms with van der Waals surface area (Å²) in [6.45, 7) is 9.05. The van der Waals surface area contributed by atoms with Crippen molar-refractivity contribution in [1.29, 1.82) is 0 Å². The maximum Gasteiger partial charge on any atom is 0.240 e. The van der Waals surface area contributed by atoms with E-state index in [9.17, 15) is 8.42 Å². The Bertz CT molecular complexity index is 539. The van der Waals surface area contributed by atoms with Gasteiger partial charge in [-0.05, 0) is 41.5 Å². The minimum Gasteiger partial charge on any atom is -0.326 e. The Morgan fingerprint density at radius 2 is 1.85 bits per heavy atom. The summed E-state index contributed by atoms with van der Waals surface area (Å²) in [7, 11) is -3.45. The molecule has 3 N–H and O–H groups in total. The third-order valence-electron chi connectivity index (χ3n) is 3.82. The van der Waals surface area contributed by atoms with Crippen molar-refractivity contribution in [3.05, 3.63) is 29.3 Å². The largest absolute Gasteiger partial charge is 0.326 e. The van der Waals surface area contributed by atoms with Gasteiger partial charge in [0.25, 0.3) is 0 Å². The zero-order chi connectivity index (χ0) is 15.3. The van der Waals surface area contributed by atoms with Gasteiger partial charge in [-0.1, -0.05) is 33.8 Å². The molecule has 0 bridgehead atoms. The van der Waals surface area contributed by atoms with E-state index in [1.165, 1.54) is 0 Å². The number of nitrogens with one attached hydrogen (secondary N) is 1. The molecule has 0 aliphatic heterocycles. The topological polar surface area (TPSA) is 72.2 Å². The van der Waals surface area contributed by atoms with Gasteiger partial charge in [0.2, 0.25) is 10.0 Å². The number of sulfonamides is 1. The highest BCUT2D eigenvalue weighted by atomic mass is 32.2. The molecule has 5 heteroatoms. The molecule has 1 aromatic rings. The van der Waals surface area contributed by atoms with Gasteiger partial charge in [0.15, 0.2) is 0 Å². The minimum atomic E-state index is -3.45. The molecule has 0 radical (unpaired) electrons. The number of nitrogens with two attached hydrogens (primary N) is 1. The fourth-order valence-electron chi connectivity index (χ4n) is 1.86. The molecule has 0 spiro atoms. The van der Waals surface area contributed by atoms with E-state index in [0.717, 1.165) is 17.5 Å². The molecule has 1 rings (SSSR count). The van der Waals surface area contributed by atoms with Gasteiger partial charge in [0.05, 0.1) is 4.90 Å². The lowest BCUT2D eigenvalue weighted by molar-refractivity contribution is 0.414. The van der Waals surface area contributed by atoms with Gasteiger partial charge >= 0.3 is 0 Å². The second-order valence-corrected chi connectivity index (χ2v) is 7.33. The first-order chi connectivity index (χ1) is 9.31. The van der Waals surface area contributed by atoms with Gasteiger partial charge in [0.1, 0.15) is 0 Å². The van der Waals surface area contributed by atoms with Crippen molar-refractivity contribution in [3.8, 4) is 0 Å². The second-order valence-electron chi connectivity index (χ2n) is 5.56. The van der Waals surface area contributed by atoms with E-state index in [0.29, 0.717) is 29.8 Å². The molecule has 0 aromatic heterocycles. The van der Waals surface area contributed by atoms with E-state index in [1.807, 2.05) is 19.9 Å². The number of hydrogen-bond donors (Lipinski definition) is 2. The molecule has 1 unspecified atom stereocenters. The van der Waals surface area contributed by atoms with Gasteiger partial charge in [-0.3, -0.25) is 0 Å². The Morgan fingerprint density at radius 3 is 2.35 bits per heavy atom. The van der Waals surface area contributed by atoms with Crippen molar-refractivity contribution in [2.45, 2.75) is 45.6 Å². The Labute approximate surface area is 122 Å². The molecular weight excluding hydrogens is 272 g/mol. The Kier molecular flexibility index (Phi) is 6.17. The molecule has 0 fully saturated rings. The van der Waals surface area contributed by atoms with E-state index in [4.69, 9.17) is 5.73 Å². The van der Waals surface area contributed by atoms with Crippen LogP contribution in [0.1, 0.15) is 38.8 Å². The van der Waals surface area contributed by atoms with Crippen LogP contribution in [-0.2, 0) is 23.0 Å². The molecule has 0 aliphatic carbocycles. The summed E-state index contributed by atoms with van der Waals surface area (Å²) in [5.41, 5.74) is 7.68. The predicted octanol–water partition coefficient (Wildman–Crippen LogP) is 2.28. The molecule has 0 saturated carbocycles. The molecule has 0 amide bonds. The smallest absolute Gasteiger partial charge is 0.240 e. The molecule has 1 aromatic carbocycles. The molecule has 1 atom stereocenters. The SMILES string of the molecule is CCc1ccc(S(=O)(=O)NCC(C)C(C)C)cc1CN. The predicted molar refractivity (Wildman–Crippen MR) is 82.9 cm³/mol. The second kappa shape index (κ2) is 7.20. The average molecular weight is 298 g/mol. The Balaban J connectivity index is 2.93. The molecule has 0 aliphatic rings. The maximum atomic E-state index is 12.3. The van der Waals surface area contributed by atoms with E-state index in [1.54, 1.807) is 12.1 Å². The summed E-state index contributed by atoms with van der Waals surface area (Å²) in [6.07, 6.45) is 0.852. The average Bonchev–Trinajstić information content (AvgIpc) is 2.43. The van der Waals surface area contributed by atoms with E-state index in [2.05, 4.69) is 18.6 Å². The summed E-state index contributed by atoms with van der Waals surface area (Å²) in [6, 6.07) is 5.18. The van der Waals surface area contributed by atoms with Crippen molar-refractivity contribution in [3.63, 3.8) is 0 Å². The highest BCUT2D eigenvalue weighted by Gasteiger charge is 2.17. The summed E-state index contributed by atoms with van der Waals surface area (Å²) in [5, 5.41) is 0. The lowest BCUT2D eigenvalue weighted by atomic mass is 9.99. The van der Waals surface area contributed by atoms with E-state index in [-0.39, 0.29) is 0 Å². The van der Waals surface area contributed by atoms with Crippen molar-refractivity contribution in [2.75, 3.05) is 6.54 Å². The van der Waals surface area contributed by atoms with Crippen LogP contribution in [0.2, 0.25) is 0 Å². The number of rotatable bonds is 7. The van der Waals surface area contributed by atoms with Gasteiger partial charge in [-0.25, -0.2) is 13.1 Å². The zero-order valence-corrected chi connectivity index (χ0v) is 13.6. The first-order valence-electron chi connectivity index (χ1n) is 7.13. The third kappa shape index (κ3) is 4.30. The van der Waals surface area contributed by atoms with Crippen LogP contribution in [0.5, 0.6) is 0 Å². The minimum absolute atomic E-state index is 0.297. The van der Waals surface area contributed by atoms with Crippen molar-refractivity contribution >= 4 is 10.0 Å². The summed E-state index contributed by atoms with van der Waals surface area (Å²) in [4.78, 5) is 0.297. The molecule has 20 heavy (non-hydrogen) atoms. The fraction of sp³-hybridized carbons (Fsp3) is 0.600. The van der Waals surface area contributed by atoms with E-state index >= 15 is 0 Å². The van der Waals surface area contributed by atoms with Crippen LogP contribution in [-0.4, -0.2) is 15.0 Å². The van der Waals surface area contributed by atoms with Crippen LogP contribution >= 0.6 is 0 Å². The van der Waals surface area contributed by atoms with E-state index < -0.39 is 10.0 Å². The quantitative estimate of drug-likeness (QED) is 0.811. The number of aryl methyl sites for hydroxylation is 1. The van der Waals surface area contributed by atoms with Crippen molar-refractivity contribution < 1.29 is 8.42 Å². The Morgan fingerprint density at radius 1 is 1.20 bits per heavy atom. The normalized spacial score (nSPS) is 13.7. The molecule has 0 heterocycles. The highest BCUT2D eigenvalue weighted by Crippen LogP contribution is 2.17. The van der Waals surface area contributed by atoms with Crippen LogP contribution in [0.3, 0.4) is 0 Å².